The van der Waals surface area contributed by atoms with Gasteiger partial charge in [0, 0.05) is 32.2 Å². The molecule has 1 aromatic rings. The van der Waals surface area contributed by atoms with Crippen molar-refractivity contribution < 1.29 is 4.79 Å². The summed E-state index contributed by atoms with van der Waals surface area (Å²) in [5.74, 6) is 2.03. The molecule has 27 heavy (non-hydrogen) atoms. The van der Waals surface area contributed by atoms with Crippen molar-refractivity contribution in [3.8, 4) is 0 Å². The lowest BCUT2D eigenvalue weighted by Crippen LogP contribution is -2.49. The first-order valence-corrected chi connectivity index (χ1v) is 11.0. The van der Waals surface area contributed by atoms with Gasteiger partial charge < -0.3 is 5.32 Å². The number of hydrogen-bond donors (Lipinski definition) is 1. The first-order valence-electron chi connectivity index (χ1n) is 11.0. The number of nitrogens with zero attached hydrogens (tertiary/aromatic N) is 2. The Labute approximate surface area is 164 Å². The van der Waals surface area contributed by atoms with E-state index in [0.717, 1.165) is 57.4 Å². The Bertz CT molecular complexity index is 597. The van der Waals surface area contributed by atoms with E-state index in [9.17, 15) is 4.79 Å². The lowest BCUT2D eigenvalue weighted by molar-refractivity contribution is -0.124. The van der Waals surface area contributed by atoms with Crippen molar-refractivity contribution >= 4 is 5.91 Å². The Balaban J connectivity index is 1.16. The lowest BCUT2D eigenvalue weighted by atomic mass is 9.75. The number of piperidine rings is 2. The molecule has 1 N–H and O–H groups in total. The summed E-state index contributed by atoms with van der Waals surface area (Å²) in [4.78, 5) is 17.5. The number of nitrogens with one attached hydrogen (secondary N) is 1. The Morgan fingerprint density at radius 1 is 0.889 bits per heavy atom. The Morgan fingerprint density at radius 3 is 2.37 bits per heavy atom. The molecule has 4 heteroatoms. The minimum absolute atomic E-state index is 0.241. The van der Waals surface area contributed by atoms with E-state index in [4.69, 9.17) is 0 Å². The van der Waals surface area contributed by atoms with E-state index in [1.165, 1.54) is 37.7 Å². The third kappa shape index (κ3) is 5.32. The van der Waals surface area contributed by atoms with Crippen LogP contribution in [-0.2, 0) is 11.3 Å². The molecule has 4 rings (SSSR count). The summed E-state index contributed by atoms with van der Waals surface area (Å²) in [5, 5.41) is 3.32. The summed E-state index contributed by atoms with van der Waals surface area (Å²) in [6.07, 6.45) is 9.06. The first-order chi connectivity index (χ1) is 13.3. The van der Waals surface area contributed by atoms with Gasteiger partial charge in [-0.15, -0.1) is 0 Å². The monoisotopic (exact) mass is 369 g/mol. The van der Waals surface area contributed by atoms with Gasteiger partial charge in [-0.05, 0) is 49.6 Å². The second-order valence-corrected chi connectivity index (χ2v) is 8.93. The third-order valence-corrected chi connectivity index (χ3v) is 6.94. The maximum absolute atomic E-state index is 12.5. The average molecular weight is 370 g/mol. The molecule has 4 nitrogen and oxygen atoms in total. The first kappa shape index (κ1) is 18.9. The zero-order valence-corrected chi connectivity index (χ0v) is 16.6. The summed E-state index contributed by atoms with van der Waals surface area (Å²) in [7, 11) is 0. The lowest BCUT2D eigenvalue weighted by Gasteiger charge is -2.41. The molecule has 2 atom stereocenters. The van der Waals surface area contributed by atoms with E-state index < -0.39 is 0 Å². The summed E-state index contributed by atoms with van der Waals surface area (Å²) in [6, 6.07) is 11.0. The van der Waals surface area contributed by atoms with E-state index in [1.807, 2.05) is 0 Å². The smallest absolute Gasteiger partial charge is 0.234 e. The number of fused-ring (bicyclic) bond motifs is 1. The molecule has 1 amide bonds. The number of carbonyl (C=O) groups excluding carboxylic acids is 1. The number of benzene rings is 1. The fraction of sp³-hybridized carbons (Fsp3) is 0.696. The standard InChI is InChI=1S/C23H35N3O/c27-23(18-26-13-10-20-8-4-5-9-21(20)17-26)24-22-11-14-25(15-12-22)16-19-6-2-1-3-7-19/h1-3,6-7,20-22H,4-5,8-18H2,(H,24,27)/t20-,21-/m1/s1. The van der Waals surface area contributed by atoms with E-state index >= 15 is 0 Å². The highest BCUT2D eigenvalue weighted by molar-refractivity contribution is 5.78. The minimum atomic E-state index is 0.241. The van der Waals surface area contributed by atoms with Crippen molar-refractivity contribution in [1.29, 1.82) is 0 Å². The van der Waals surface area contributed by atoms with E-state index in [-0.39, 0.29) is 5.91 Å². The molecule has 3 aliphatic rings. The SMILES string of the molecule is O=C(CN1CC[C@H]2CCCC[C@@H]2C1)NC1CCN(Cc2ccccc2)CC1. The average Bonchev–Trinajstić information content (AvgIpc) is 2.70. The van der Waals surface area contributed by atoms with Crippen LogP contribution in [-0.4, -0.2) is 54.5 Å². The number of hydrogen-bond acceptors (Lipinski definition) is 3. The van der Waals surface area contributed by atoms with Gasteiger partial charge in [-0.3, -0.25) is 14.6 Å². The van der Waals surface area contributed by atoms with Crippen LogP contribution in [0.3, 0.4) is 0 Å². The fourth-order valence-corrected chi connectivity index (χ4v) is 5.37. The molecular formula is C23H35N3O. The molecule has 3 fully saturated rings. The predicted octanol–water partition coefficient (Wildman–Crippen LogP) is 3.28. The van der Waals surface area contributed by atoms with Crippen molar-refractivity contribution in [3.63, 3.8) is 0 Å². The predicted molar refractivity (Wildman–Crippen MR) is 109 cm³/mol. The Morgan fingerprint density at radius 2 is 1.59 bits per heavy atom. The van der Waals surface area contributed by atoms with Gasteiger partial charge in [0.15, 0.2) is 0 Å². The topological polar surface area (TPSA) is 35.6 Å². The van der Waals surface area contributed by atoms with Crippen LogP contribution in [0.15, 0.2) is 30.3 Å². The molecule has 0 radical (unpaired) electrons. The van der Waals surface area contributed by atoms with E-state index in [2.05, 4.69) is 45.4 Å². The minimum Gasteiger partial charge on any atom is -0.352 e. The van der Waals surface area contributed by atoms with Crippen LogP contribution in [0.4, 0.5) is 0 Å². The van der Waals surface area contributed by atoms with E-state index in [0.29, 0.717) is 12.6 Å². The van der Waals surface area contributed by atoms with Gasteiger partial charge in [-0.2, -0.15) is 0 Å². The van der Waals surface area contributed by atoms with Gasteiger partial charge in [-0.1, -0.05) is 49.6 Å². The van der Waals surface area contributed by atoms with Gasteiger partial charge in [0.25, 0.3) is 0 Å². The largest absolute Gasteiger partial charge is 0.352 e. The summed E-state index contributed by atoms with van der Waals surface area (Å²) >= 11 is 0. The van der Waals surface area contributed by atoms with Crippen LogP contribution in [0.2, 0.25) is 0 Å². The molecule has 0 aromatic heterocycles. The van der Waals surface area contributed by atoms with Crippen LogP contribution < -0.4 is 5.32 Å². The van der Waals surface area contributed by atoms with Gasteiger partial charge in [0.1, 0.15) is 0 Å². The summed E-state index contributed by atoms with van der Waals surface area (Å²) in [6.45, 7) is 6.05. The number of rotatable bonds is 5. The highest BCUT2D eigenvalue weighted by Crippen LogP contribution is 2.35. The Kier molecular flexibility index (Phi) is 6.46. The third-order valence-electron chi connectivity index (χ3n) is 6.94. The molecular weight excluding hydrogens is 334 g/mol. The van der Waals surface area contributed by atoms with Crippen LogP contribution in [0, 0.1) is 11.8 Å². The van der Waals surface area contributed by atoms with Crippen molar-refractivity contribution in [2.45, 2.75) is 57.5 Å². The molecule has 1 aromatic carbocycles. The summed E-state index contributed by atoms with van der Waals surface area (Å²) < 4.78 is 0. The van der Waals surface area contributed by atoms with Gasteiger partial charge in [-0.25, -0.2) is 0 Å². The second-order valence-electron chi connectivity index (χ2n) is 8.93. The zero-order chi connectivity index (χ0) is 18.5. The molecule has 2 saturated heterocycles. The van der Waals surface area contributed by atoms with Gasteiger partial charge in [0.2, 0.25) is 5.91 Å². The molecule has 1 aliphatic carbocycles. The number of carbonyl (C=O) groups is 1. The Hall–Kier alpha value is -1.39. The van der Waals surface area contributed by atoms with Crippen molar-refractivity contribution in [3.05, 3.63) is 35.9 Å². The normalized spacial score (nSPS) is 27.9. The zero-order valence-electron chi connectivity index (χ0n) is 16.6. The van der Waals surface area contributed by atoms with Gasteiger partial charge in [0.05, 0.1) is 6.54 Å². The fourth-order valence-electron chi connectivity index (χ4n) is 5.37. The number of likely N-dealkylation sites (tertiary alicyclic amines) is 2. The highest BCUT2D eigenvalue weighted by Gasteiger charge is 2.32. The van der Waals surface area contributed by atoms with E-state index in [1.54, 1.807) is 0 Å². The van der Waals surface area contributed by atoms with Crippen LogP contribution in [0.1, 0.15) is 50.5 Å². The van der Waals surface area contributed by atoms with Crippen LogP contribution in [0.5, 0.6) is 0 Å². The summed E-state index contributed by atoms with van der Waals surface area (Å²) in [5.41, 5.74) is 1.38. The molecule has 2 heterocycles. The molecule has 0 unspecified atom stereocenters. The van der Waals surface area contributed by atoms with Gasteiger partial charge >= 0.3 is 0 Å². The quantitative estimate of drug-likeness (QED) is 0.865. The maximum Gasteiger partial charge on any atom is 0.234 e. The molecule has 1 saturated carbocycles. The van der Waals surface area contributed by atoms with Crippen molar-refractivity contribution in [1.82, 2.24) is 15.1 Å². The molecule has 2 aliphatic heterocycles. The van der Waals surface area contributed by atoms with Crippen LogP contribution >= 0.6 is 0 Å². The van der Waals surface area contributed by atoms with Crippen molar-refractivity contribution in [2.75, 3.05) is 32.7 Å². The van der Waals surface area contributed by atoms with Crippen molar-refractivity contribution in [2.24, 2.45) is 11.8 Å². The van der Waals surface area contributed by atoms with Crippen LogP contribution in [0.25, 0.3) is 0 Å². The molecule has 148 valence electrons. The molecule has 0 spiro atoms. The second kappa shape index (κ2) is 9.20. The number of amides is 1. The highest BCUT2D eigenvalue weighted by atomic mass is 16.2. The maximum atomic E-state index is 12.5. The molecule has 0 bridgehead atoms.